The fourth-order valence-electron chi connectivity index (χ4n) is 4.30. The second-order valence-electron chi connectivity index (χ2n) is 8.60. The molecule has 5 rings (SSSR count). The van der Waals surface area contributed by atoms with Crippen LogP contribution in [0.2, 0.25) is 0 Å². The Hall–Kier alpha value is -4.23. The van der Waals surface area contributed by atoms with Crippen molar-refractivity contribution in [2.45, 2.75) is 26.1 Å². The smallest absolute Gasteiger partial charge is 0.295 e. The van der Waals surface area contributed by atoms with Crippen molar-refractivity contribution in [3.8, 4) is 5.75 Å². The number of thiophene rings is 1. The Morgan fingerprint density at radius 3 is 2.47 bits per heavy atom. The molecule has 0 bridgehead atoms. The molecule has 0 aliphatic carbocycles. The van der Waals surface area contributed by atoms with E-state index in [9.17, 15) is 14.7 Å². The molecule has 1 fully saturated rings. The summed E-state index contributed by atoms with van der Waals surface area (Å²) in [6.07, 6.45) is 3.29. The minimum Gasteiger partial charge on any atom is -0.507 e. The van der Waals surface area contributed by atoms with Gasteiger partial charge in [0, 0.05) is 29.4 Å². The van der Waals surface area contributed by atoms with Crippen LogP contribution < -0.4 is 4.74 Å². The van der Waals surface area contributed by atoms with Crippen LogP contribution in [0.3, 0.4) is 0 Å². The van der Waals surface area contributed by atoms with E-state index in [-0.39, 0.29) is 17.9 Å². The van der Waals surface area contributed by atoms with Gasteiger partial charge in [-0.25, -0.2) is 0 Å². The van der Waals surface area contributed by atoms with E-state index in [0.717, 1.165) is 21.6 Å². The van der Waals surface area contributed by atoms with Crippen LogP contribution >= 0.6 is 11.3 Å². The van der Waals surface area contributed by atoms with E-state index in [2.05, 4.69) is 11.1 Å². The Morgan fingerprint density at radius 2 is 1.78 bits per heavy atom. The van der Waals surface area contributed by atoms with Gasteiger partial charge in [-0.05, 0) is 65.9 Å². The predicted octanol–water partition coefficient (Wildman–Crippen LogP) is 5.65. The maximum Gasteiger partial charge on any atom is 0.295 e. The van der Waals surface area contributed by atoms with Gasteiger partial charge in [0.15, 0.2) is 0 Å². The first-order valence-electron chi connectivity index (χ1n) is 11.5. The summed E-state index contributed by atoms with van der Waals surface area (Å²) in [6.45, 7) is 2.69. The highest BCUT2D eigenvalue weighted by Crippen LogP contribution is 2.42. The molecule has 0 saturated carbocycles. The van der Waals surface area contributed by atoms with Gasteiger partial charge < -0.3 is 14.7 Å². The highest BCUT2D eigenvalue weighted by Gasteiger charge is 2.46. The average molecular weight is 497 g/mol. The first-order chi connectivity index (χ1) is 17.5. The Bertz CT molecular complexity index is 1410. The lowest BCUT2D eigenvalue weighted by Gasteiger charge is -2.24. The topological polar surface area (TPSA) is 79.7 Å². The number of hydrogen-bond donors (Lipinski definition) is 1. The summed E-state index contributed by atoms with van der Waals surface area (Å²) in [7, 11) is 0. The second-order valence-corrected chi connectivity index (χ2v) is 9.58. The highest BCUT2D eigenvalue weighted by atomic mass is 32.1. The number of carbonyl (C=O) groups excluding carboxylic acids is 2. The minimum atomic E-state index is -0.695. The Labute approximate surface area is 213 Å². The lowest BCUT2D eigenvalue weighted by molar-refractivity contribution is -0.140. The van der Waals surface area contributed by atoms with E-state index in [0.29, 0.717) is 17.9 Å². The molecule has 1 aliphatic heterocycles. The molecule has 1 atom stereocenters. The lowest BCUT2D eigenvalue weighted by atomic mass is 9.99. The maximum atomic E-state index is 13.1. The molecule has 180 valence electrons. The number of aliphatic hydroxyl groups is 1. The molecular formula is C29H24N2O4S. The van der Waals surface area contributed by atoms with Crippen LogP contribution in [0.25, 0.3) is 5.76 Å². The van der Waals surface area contributed by atoms with Gasteiger partial charge in [0.05, 0.1) is 11.6 Å². The Morgan fingerprint density at radius 1 is 1.00 bits per heavy atom. The third-order valence-corrected chi connectivity index (χ3v) is 7.00. The summed E-state index contributed by atoms with van der Waals surface area (Å²) in [5.41, 5.74) is 3.61. The van der Waals surface area contributed by atoms with Gasteiger partial charge in [-0.15, -0.1) is 11.3 Å². The van der Waals surface area contributed by atoms with Gasteiger partial charge in [-0.2, -0.15) is 0 Å². The molecule has 6 nitrogen and oxygen atoms in total. The van der Waals surface area contributed by atoms with Crippen molar-refractivity contribution < 1.29 is 19.4 Å². The van der Waals surface area contributed by atoms with E-state index >= 15 is 0 Å². The van der Waals surface area contributed by atoms with E-state index in [1.807, 2.05) is 42.6 Å². The monoisotopic (exact) mass is 496 g/mol. The molecule has 2 aromatic carbocycles. The van der Waals surface area contributed by atoms with Crippen molar-refractivity contribution in [2.75, 3.05) is 0 Å². The number of aliphatic hydroxyl groups excluding tert-OH is 1. The number of benzene rings is 2. The van der Waals surface area contributed by atoms with Crippen LogP contribution in [-0.4, -0.2) is 26.7 Å². The van der Waals surface area contributed by atoms with Crippen molar-refractivity contribution >= 4 is 28.8 Å². The normalized spacial score (nSPS) is 16.9. The number of hydrogen-bond acceptors (Lipinski definition) is 6. The van der Waals surface area contributed by atoms with Crippen LogP contribution in [0.1, 0.15) is 33.2 Å². The molecular weight excluding hydrogens is 472 g/mol. The molecule has 0 radical (unpaired) electrons. The number of pyridine rings is 1. The van der Waals surface area contributed by atoms with Crippen molar-refractivity contribution in [3.05, 3.63) is 123 Å². The molecule has 1 saturated heterocycles. The number of Topliss-reactive ketones (excluding diaryl/α,β-unsaturated/α-hetero) is 1. The molecule has 4 aromatic rings. The molecule has 7 heteroatoms. The standard InChI is InChI=1S/C29H24N2O4S/c1-19-4-2-5-21(16-19)18-35-23-9-7-22(8-10-23)27(32)25-26(24-6-3-15-36-24)31(29(34)28(25)33)17-20-11-13-30-14-12-20/h2-16,26,32H,17-18H2,1H3/b27-25+/t26-/m1/s1. The molecule has 2 aromatic heterocycles. The Balaban J connectivity index is 1.43. The number of carbonyl (C=O) groups is 2. The first kappa shape index (κ1) is 23.5. The number of aromatic nitrogens is 1. The zero-order chi connectivity index (χ0) is 25.1. The van der Waals surface area contributed by atoms with Gasteiger partial charge in [0.1, 0.15) is 18.1 Å². The summed E-state index contributed by atoms with van der Waals surface area (Å²) in [4.78, 5) is 32.5. The third-order valence-electron chi connectivity index (χ3n) is 6.07. The number of nitrogens with zero attached hydrogens (tertiary/aromatic N) is 2. The van der Waals surface area contributed by atoms with Crippen LogP contribution in [0.4, 0.5) is 0 Å². The molecule has 1 N–H and O–H groups in total. The molecule has 0 spiro atoms. The van der Waals surface area contributed by atoms with Gasteiger partial charge in [-0.1, -0.05) is 35.9 Å². The zero-order valence-electron chi connectivity index (χ0n) is 19.6. The summed E-state index contributed by atoms with van der Waals surface area (Å²) in [6, 6.07) is 21.7. The van der Waals surface area contributed by atoms with E-state index < -0.39 is 17.7 Å². The van der Waals surface area contributed by atoms with Gasteiger partial charge >= 0.3 is 0 Å². The number of likely N-dealkylation sites (tertiary alicyclic amines) is 1. The van der Waals surface area contributed by atoms with Gasteiger partial charge in [0.25, 0.3) is 11.7 Å². The fourth-order valence-corrected chi connectivity index (χ4v) is 5.15. The van der Waals surface area contributed by atoms with E-state index in [1.54, 1.807) is 48.8 Å². The molecule has 1 amide bonds. The number of ketones is 1. The average Bonchev–Trinajstić information content (AvgIpc) is 3.51. The molecule has 3 heterocycles. The summed E-state index contributed by atoms with van der Waals surface area (Å²) < 4.78 is 5.88. The highest BCUT2D eigenvalue weighted by molar-refractivity contribution is 7.10. The predicted molar refractivity (Wildman–Crippen MR) is 138 cm³/mol. The van der Waals surface area contributed by atoms with Gasteiger partial charge in [-0.3, -0.25) is 14.6 Å². The number of amides is 1. The van der Waals surface area contributed by atoms with Crippen LogP contribution in [0.5, 0.6) is 5.75 Å². The summed E-state index contributed by atoms with van der Waals surface area (Å²) in [5, 5.41) is 13.1. The Kier molecular flexibility index (Phi) is 6.64. The fraction of sp³-hybridized carbons (Fsp3) is 0.138. The quantitative estimate of drug-likeness (QED) is 0.203. The lowest BCUT2D eigenvalue weighted by Crippen LogP contribution is -2.28. The largest absolute Gasteiger partial charge is 0.507 e. The van der Waals surface area contributed by atoms with Crippen molar-refractivity contribution in [2.24, 2.45) is 0 Å². The third kappa shape index (κ3) is 4.78. The zero-order valence-corrected chi connectivity index (χ0v) is 20.4. The molecule has 36 heavy (non-hydrogen) atoms. The second kappa shape index (κ2) is 10.2. The van der Waals surface area contributed by atoms with Crippen molar-refractivity contribution in [3.63, 3.8) is 0 Å². The SMILES string of the molecule is Cc1cccc(COc2ccc(/C(O)=C3\C(=O)C(=O)N(Cc4ccncc4)[C@@H]3c3cccs3)cc2)c1. The van der Waals surface area contributed by atoms with E-state index in [4.69, 9.17) is 4.74 Å². The van der Waals surface area contributed by atoms with Gasteiger partial charge in [0.2, 0.25) is 0 Å². The summed E-state index contributed by atoms with van der Waals surface area (Å²) in [5.74, 6) is -0.889. The van der Waals surface area contributed by atoms with E-state index in [1.165, 1.54) is 16.2 Å². The minimum absolute atomic E-state index is 0.0879. The number of rotatable bonds is 7. The van der Waals surface area contributed by atoms with Crippen molar-refractivity contribution in [1.82, 2.24) is 9.88 Å². The summed E-state index contributed by atoms with van der Waals surface area (Å²) >= 11 is 1.44. The molecule has 1 aliphatic rings. The maximum absolute atomic E-state index is 13.1. The van der Waals surface area contributed by atoms with Crippen LogP contribution in [0, 0.1) is 6.92 Å². The number of ether oxygens (including phenoxy) is 1. The van der Waals surface area contributed by atoms with Crippen molar-refractivity contribution in [1.29, 1.82) is 0 Å². The first-order valence-corrected chi connectivity index (χ1v) is 12.4. The van der Waals surface area contributed by atoms with Crippen LogP contribution in [-0.2, 0) is 22.7 Å². The molecule has 0 unspecified atom stereocenters. The number of aryl methyl sites for hydroxylation is 1. The van der Waals surface area contributed by atoms with Crippen LogP contribution in [0.15, 0.2) is 96.1 Å².